The molecule has 0 spiro atoms. The summed E-state index contributed by atoms with van der Waals surface area (Å²) < 4.78 is 4.91. The molecule has 0 unspecified atom stereocenters. The zero-order valence-electron chi connectivity index (χ0n) is 20.5. The largest absolute Gasteiger partial charge is 0.309 e. The van der Waals surface area contributed by atoms with E-state index >= 15 is 0 Å². The van der Waals surface area contributed by atoms with Gasteiger partial charge in [0.1, 0.15) is 0 Å². The van der Waals surface area contributed by atoms with E-state index in [4.69, 9.17) is 4.98 Å². The second kappa shape index (κ2) is 8.41. The summed E-state index contributed by atoms with van der Waals surface area (Å²) in [6.07, 6.45) is 1.89. The first kappa shape index (κ1) is 21.4. The molecule has 2 nitrogen and oxygen atoms in total. The molecule has 0 N–H and O–H groups in total. The van der Waals surface area contributed by atoms with E-state index in [9.17, 15) is 0 Å². The molecular formula is C35H22N2S. The van der Waals surface area contributed by atoms with Gasteiger partial charge in [0.15, 0.2) is 0 Å². The van der Waals surface area contributed by atoms with Crippen LogP contribution in [-0.2, 0) is 0 Å². The Labute approximate surface area is 224 Å². The van der Waals surface area contributed by atoms with Gasteiger partial charge in [-0.25, -0.2) is 0 Å². The summed E-state index contributed by atoms with van der Waals surface area (Å²) in [7, 11) is 0. The van der Waals surface area contributed by atoms with Gasteiger partial charge in [0.05, 0.1) is 26.9 Å². The van der Waals surface area contributed by atoms with Gasteiger partial charge in [-0.15, -0.1) is 11.3 Å². The molecule has 8 rings (SSSR count). The Bertz CT molecular complexity index is 2090. The Morgan fingerprint density at radius 3 is 1.95 bits per heavy atom. The summed E-state index contributed by atoms with van der Waals surface area (Å²) in [5.41, 5.74) is 9.55. The molecule has 0 aliphatic rings. The maximum atomic E-state index is 4.70. The lowest BCUT2D eigenvalue weighted by Crippen LogP contribution is -1.97. The van der Waals surface area contributed by atoms with Crippen molar-refractivity contribution in [3.05, 3.63) is 134 Å². The molecule has 5 aromatic carbocycles. The number of nitrogens with zero attached hydrogens (tertiary/aromatic N) is 2. The van der Waals surface area contributed by atoms with Gasteiger partial charge < -0.3 is 4.57 Å². The van der Waals surface area contributed by atoms with E-state index < -0.39 is 0 Å². The summed E-state index contributed by atoms with van der Waals surface area (Å²) in [6.45, 7) is 0. The van der Waals surface area contributed by atoms with Crippen molar-refractivity contribution in [1.82, 2.24) is 9.55 Å². The third-order valence-corrected chi connectivity index (χ3v) is 8.60. The van der Waals surface area contributed by atoms with Crippen molar-refractivity contribution >= 4 is 53.4 Å². The molecule has 0 saturated carbocycles. The van der Waals surface area contributed by atoms with Crippen LogP contribution in [-0.4, -0.2) is 9.55 Å². The number of hydrogen-bond acceptors (Lipinski definition) is 2. The minimum atomic E-state index is 1.08. The molecule has 8 aromatic rings. The number of pyridine rings is 1. The first-order valence-corrected chi connectivity index (χ1v) is 13.6. The number of hydrogen-bond donors (Lipinski definition) is 0. The first-order chi connectivity index (χ1) is 18.9. The zero-order valence-corrected chi connectivity index (χ0v) is 21.3. The quantitative estimate of drug-likeness (QED) is 0.235. The molecular weight excluding hydrogens is 480 g/mol. The van der Waals surface area contributed by atoms with Crippen molar-refractivity contribution in [1.29, 1.82) is 0 Å². The SMILES string of the molecule is c1ccc(-c2ccccc2-n2c3ccccc3c3ccccc32)c(-c2ccc3sc4cccnc4c3c2)c1. The van der Waals surface area contributed by atoms with Gasteiger partial charge in [0.2, 0.25) is 0 Å². The van der Waals surface area contributed by atoms with Gasteiger partial charge in [-0.05, 0) is 59.2 Å². The topological polar surface area (TPSA) is 17.8 Å². The highest BCUT2D eigenvalue weighted by atomic mass is 32.1. The zero-order chi connectivity index (χ0) is 25.1. The predicted octanol–water partition coefficient (Wildman–Crippen LogP) is 9.88. The predicted molar refractivity (Wildman–Crippen MR) is 162 cm³/mol. The van der Waals surface area contributed by atoms with E-state index in [1.54, 1.807) is 11.3 Å². The van der Waals surface area contributed by atoms with Crippen LogP contribution in [0.5, 0.6) is 0 Å². The van der Waals surface area contributed by atoms with Gasteiger partial charge in [-0.1, -0.05) is 84.9 Å². The van der Waals surface area contributed by atoms with Crippen molar-refractivity contribution in [3.8, 4) is 27.9 Å². The van der Waals surface area contributed by atoms with Crippen LogP contribution in [0.4, 0.5) is 0 Å². The highest BCUT2D eigenvalue weighted by Gasteiger charge is 2.17. The van der Waals surface area contributed by atoms with Crippen LogP contribution in [0.2, 0.25) is 0 Å². The highest BCUT2D eigenvalue weighted by molar-refractivity contribution is 7.25. The van der Waals surface area contributed by atoms with Crippen molar-refractivity contribution in [2.24, 2.45) is 0 Å². The molecule has 0 fully saturated rings. The van der Waals surface area contributed by atoms with Gasteiger partial charge in [-0.3, -0.25) is 4.98 Å². The van der Waals surface area contributed by atoms with Crippen molar-refractivity contribution < 1.29 is 0 Å². The summed E-state index contributed by atoms with van der Waals surface area (Å²) in [4.78, 5) is 4.70. The molecule has 3 heteroatoms. The fourth-order valence-corrected chi connectivity index (χ4v) is 6.86. The monoisotopic (exact) mass is 502 g/mol. The number of thiophene rings is 1. The molecule has 3 heterocycles. The maximum Gasteiger partial charge on any atom is 0.0888 e. The Balaban J connectivity index is 1.39. The van der Waals surface area contributed by atoms with Gasteiger partial charge in [-0.2, -0.15) is 0 Å². The van der Waals surface area contributed by atoms with Crippen LogP contribution in [0.15, 0.2) is 134 Å². The number of aromatic nitrogens is 2. The fraction of sp³-hybridized carbons (Fsp3) is 0. The normalized spacial score (nSPS) is 11.7. The molecule has 0 atom stereocenters. The molecule has 0 radical (unpaired) electrons. The third kappa shape index (κ3) is 3.16. The molecule has 178 valence electrons. The minimum Gasteiger partial charge on any atom is -0.309 e. The second-order valence-corrected chi connectivity index (χ2v) is 10.7. The summed E-state index contributed by atoms with van der Waals surface area (Å²) in [5.74, 6) is 0. The maximum absolute atomic E-state index is 4.70. The van der Waals surface area contributed by atoms with Crippen molar-refractivity contribution in [2.45, 2.75) is 0 Å². The lowest BCUT2D eigenvalue weighted by Gasteiger charge is -2.17. The van der Waals surface area contributed by atoms with Gasteiger partial charge in [0, 0.05) is 32.6 Å². The van der Waals surface area contributed by atoms with E-state index in [2.05, 4.69) is 126 Å². The van der Waals surface area contributed by atoms with Crippen LogP contribution in [0, 0.1) is 0 Å². The number of para-hydroxylation sites is 3. The van der Waals surface area contributed by atoms with Gasteiger partial charge in [0.25, 0.3) is 0 Å². The van der Waals surface area contributed by atoms with Crippen LogP contribution < -0.4 is 0 Å². The standard InChI is InChI=1S/C35H22N2S/c1-2-11-25(24(10-1)23-19-20-33-29(22-23)35-34(38-33)18-9-21-36-35)26-12-3-6-15-30(26)37-31-16-7-4-13-27(31)28-14-5-8-17-32(28)37/h1-22H. The van der Waals surface area contributed by atoms with E-state index in [-0.39, 0.29) is 0 Å². The van der Waals surface area contributed by atoms with E-state index in [1.807, 2.05) is 12.3 Å². The summed E-state index contributed by atoms with van der Waals surface area (Å²) in [6, 6.07) is 45.9. The number of benzene rings is 5. The Kier molecular flexibility index (Phi) is 4.73. The molecule has 0 bridgehead atoms. The second-order valence-electron chi connectivity index (χ2n) is 9.60. The Hall–Kier alpha value is -4.73. The number of rotatable bonds is 3. The van der Waals surface area contributed by atoms with Crippen LogP contribution in [0.3, 0.4) is 0 Å². The van der Waals surface area contributed by atoms with Crippen LogP contribution in [0.1, 0.15) is 0 Å². The molecule has 0 aliphatic carbocycles. The molecule has 38 heavy (non-hydrogen) atoms. The summed E-state index contributed by atoms with van der Waals surface area (Å²) >= 11 is 1.80. The first-order valence-electron chi connectivity index (χ1n) is 12.8. The smallest absolute Gasteiger partial charge is 0.0888 e. The molecule has 0 saturated heterocycles. The van der Waals surface area contributed by atoms with Crippen molar-refractivity contribution in [2.75, 3.05) is 0 Å². The average Bonchev–Trinajstić information content (AvgIpc) is 3.53. The number of fused-ring (bicyclic) bond motifs is 6. The summed E-state index contributed by atoms with van der Waals surface area (Å²) in [5, 5.41) is 3.76. The van der Waals surface area contributed by atoms with E-state index in [0.29, 0.717) is 0 Å². The Morgan fingerprint density at radius 2 is 1.16 bits per heavy atom. The van der Waals surface area contributed by atoms with Crippen LogP contribution >= 0.6 is 11.3 Å². The third-order valence-electron chi connectivity index (χ3n) is 7.48. The average molecular weight is 503 g/mol. The van der Waals surface area contributed by atoms with Crippen LogP contribution in [0.25, 0.3) is 70.0 Å². The van der Waals surface area contributed by atoms with E-state index in [0.717, 1.165) is 5.52 Å². The fourth-order valence-electron chi connectivity index (χ4n) is 5.81. The van der Waals surface area contributed by atoms with E-state index in [1.165, 1.54) is 64.5 Å². The Morgan fingerprint density at radius 1 is 0.500 bits per heavy atom. The highest BCUT2D eigenvalue weighted by Crippen LogP contribution is 2.41. The lowest BCUT2D eigenvalue weighted by molar-refractivity contribution is 1.18. The van der Waals surface area contributed by atoms with Crippen molar-refractivity contribution in [3.63, 3.8) is 0 Å². The molecule has 0 amide bonds. The minimum absolute atomic E-state index is 1.08. The molecule has 0 aliphatic heterocycles. The van der Waals surface area contributed by atoms with Gasteiger partial charge >= 0.3 is 0 Å². The lowest BCUT2D eigenvalue weighted by atomic mass is 9.93. The molecule has 3 aromatic heterocycles.